The van der Waals surface area contributed by atoms with Gasteiger partial charge in [0.25, 0.3) is 0 Å². The Balaban J connectivity index is 0.000000633. The van der Waals surface area contributed by atoms with Gasteiger partial charge in [-0.15, -0.1) is 0 Å². The van der Waals surface area contributed by atoms with Gasteiger partial charge in [-0.2, -0.15) is 13.2 Å². The minimum absolute atomic E-state index is 0.0874. The fourth-order valence-corrected chi connectivity index (χ4v) is 3.62. The number of likely N-dealkylation sites (tertiary alicyclic amines) is 1. The summed E-state index contributed by atoms with van der Waals surface area (Å²) in [5.41, 5.74) is 2.23. The van der Waals surface area contributed by atoms with Crippen molar-refractivity contribution in [1.82, 2.24) is 5.32 Å². The van der Waals surface area contributed by atoms with Crippen molar-refractivity contribution in [3.63, 3.8) is 0 Å². The molecule has 1 atom stereocenters. The van der Waals surface area contributed by atoms with E-state index < -0.39 is 12.1 Å². The fourth-order valence-electron chi connectivity index (χ4n) is 3.62. The molecular weight excluding hydrogens is 423 g/mol. The maximum Gasteiger partial charge on any atom is 0.430 e. The fraction of sp³-hybridized carbons (Fsp3) is 0.652. The number of rotatable bonds is 9. The van der Waals surface area contributed by atoms with E-state index in [1.54, 1.807) is 0 Å². The van der Waals surface area contributed by atoms with E-state index in [9.17, 15) is 18.0 Å². The monoisotopic (exact) mass is 459 g/mol. The van der Waals surface area contributed by atoms with Crippen molar-refractivity contribution < 1.29 is 32.3 Å². The number of carbonyl (C=O) groups excluding carboxylic acids is 2. The Morgan fingerprint density at radius 3 is 2.12 bits per heavy atom. The summed E-state index contributed by atoms with van der Waals surface area (Å²) < 4.78 is 32.5. The van der Waals surface area contributed by atoms with E-state index in [1.807, 2.05) is 12.1 Å². The molecule has 1 saturated heterocycles. The molecule has 0 aromatic heterocycles. The molecule has 2 N–H and O–H groups in total. The van der Waals surface area contributed by atoms with Crippen LogP contribution in [-0.2, 0) is 11.2 Å². The van der Waals surface area contributed by atoms with Crippen molar-refractivity contribution in [3.05, 3.63) is 29.8 Å². The van der Waals surface area contributed by atoms with Gasteiger partial charge in [0.2, 0.25) is 0 Å². The van der Waals surface area contributed by atoms with Gasteiger partial charge in [-0.3, -0.25) is 0 Å². The van der Waals surface area contributed by atoms with Gasteiger partial charge >= 0.3 is 12.2 Å². The normalized spacial score (nSPS) is 17.2. The summed E-state index contributed by atoms with van der Waals surface area (Å²) in [6.07, 6.45) is 4.95. The van der Waals surface area contributed by atoms with Crippen LogP contribution < -0.4 is 15.7 Å². The second kappa shape index (κ2) is 13.3. The molecule has 182 valence electrons. The number of aliphatic carboxylic acids is 1. The molecule has 1 aromatic carbocycles. The first-order valence-electron chi connectivity index (χ1n) is 11.2. The van der Waals surface area contributed by atoms with Gasteiger partial charge in [-0.05, 0) is 30.5 Å². The summed E-state index contributed by atoms with van der Waals surface area (Å²) >= 11 is 0. The minimum atomic E-state index is -5.19. The van der Waals surface area contributed by atoms with Crippen molar-refractivity contribution in [1.29, 1.82) is 0 Å². The van der Waals surface area contributed by atoms with E-state index >= 15 is 0 Å². The first kappa shape index (κ1) is 27.7. The van der Waals surface area contributed by atoms with E-state index in [1.165, 1.54) is 44.1 Å². The molecule has 1 aliphatic rings. The molecule has 2 rings (SSSR count). The van der Waals surface area contributed by atoms with Crippen LogP contribution in [0.2, 0.25) is 0 Å². The summed E-state index contributed by atoms with van der Waals surface area (Å²) in [4.78, 5) is 20.9. The Kier molecular flexibility index (Phi) is 11.5. The molecule has 1 fully saturated rings. The zero-order valence-electron chi connectivity index (χ0n) is 19.3. The van der Waals surface area contributed by atoms with Gasteiger partial charge in [0, 0.05) is 12.1 Å². The van der Waals surface area contributed by atoms with Crippen molar-refractivity contribution in [2.45, 2.75) is 70.5 Å². The number of aryl methyl sites for hydroxylation is 1. The molecule has 32 heavy (non-hydrogen) atoms. The first-order valence-corrected chi connectivity index (χ1v) is 11.2. The number of hydrogen-bond donors (Lipinski definition) is 2. The number of unbranched alkanes of at least 4 members (excludes halogenated alkanes) is 5. The number of alkyl halides is 3. The molecule has 1 aliphatic heterocycles. The Labute approximate surface area is 188 Å². The van der Waals surface area contributed by atoms with Gasteiger partial charge in [-0.1, -0.05) is 51.2 Å². The molecular formula is C23H36F3N3O3. The highest BCUT2D eigenvalue weighted by molar-refractivity contribution is 5.89. The minimum Gasteiger partial charge on any atom is -0.542 e. The summed E-state index contributed by atoms with van der Waals surface area (Å²) in [5, 5.41) is 14.8. The van der Waals surface area contributed by atoms with Crippen LogP contribution in [0.25, 0.3) is 0 Å². The Bertz CT molecular complexity index is 707. The molecule has 1 heterocycles. The highest BCUT2D eigenvalue weighted by Gasteiger charge is 2.31. The zero-order chi connectivity index (χ0) is 24.2. The molecule has 1 aromatic rings. The second-order valence-electron chi connectivity index (χ2n) is 8.93. The number of halogens is 3. The SMILES string of the molecule is CCCCCCCCc1ccc(NC(=O)NC2CC[N+](C)(C)C2)cc1.O=C([O-])C(F)(F)F. The van der Waals surface area contributed by atoms with Gasteiger partial charge < -0.3 is 25.0 Å². The molecule has 9 heteroatoms. The quantitative estimate of drug-likeness (QED) is 0.435. The largest absolute Gasteiger partial charge is 0.542 e. The van der Waals surface area contributed by atoms with Crippen molar-refractivity contribution in [2.75, 3.05) is 32.5 Å². The summed E-state index contributed by atoms with van der Waals surface area (Å²) in [6.45, 7) is 4.38. The lowest BCUT2D eigenvalue weighted by atomic mass is 10.0. The van der Waals surface area contributed by atoms with Gasteiger partial charge in [-0.25, -0.2) is 4.79 Å². The summed E-state index contributed by atoms with van der Waals surface area (Å²) in [7, 11) is 4.42. The molecule has 0 bridgehead atoms. The third-order valence-corrected chi connectivity index (χ3v) is 5.40. The highest BCUT2D eigenvalue weighted by Crippen LogP contribution is 2.16. The maximum atomic E-state index is 12.1. The van der Waals surface area contributed by atoms with E-state index in [2.05, 4.69) is 43.8 Å². The number of carboxylic acid groups (broad SMARTS) is 1. The summed E-state index contributed by atoms with van der Waals surface area (Å²) in [5.74, 6) is -3.01. The number of quaternary nitrogens is 1. The number of benzene rings is 1. The van der Waals surface area contributed by atoms with E-state index in [0.29, 0.717) is 0 Å². The van der Waals surface area contributed by atoms with Crippen LogP contribution in [-0.4, -0.2) is 55.9 Å². The topological polar surface area (TPSA) is 81.3 Å². The maximum absolute atomic E-state index is 12.1. The number of nitrogens with zero attached hydrogens (tertiary/aromatic N) is 1. The van der Waals surface area contributed by atoms with E-state index in [4.69, 9.17) is 9.90 Å². The lowest BCUT2D eigenvalue weighted by Gasteiger charge is -2.23. The first-order chi connectivity index (χ1) is 14.9. The number of carboxylic acids is 1. The smallest absolute Gasteiger partial charge is 0.430 e. The Morgan fingerprint density at radius 1 is 1.06 bits per heavy atom. The zero-order valence-corrected chi connectivity index (χ0v) is 19.3. The molecule has 0 saturated carbocycles. The van der Waals surface area contributed by atoms with Crippen LogP contribution >= 0.6 is 0 Å². The average molecular weight is 460 g/mol. The summed E-state index contributed by atoms with van der Waals surface area (Å²) in [6, 6.07) is 8.49. The van der Waals surface area contributed by atoms with E-state index in [-0.39, 0.29) is 12.1 Å². The average Bonchev–Trinajstić information content (AvgIpc) is 3.03. The Morgan fingerprint density at radius 2 is 1.62 bits per heavy atom. The van der Waals surface area contributed by atoms with Crippen LogP contribution in [0.1, 0.15) is 57.4 Å². The number of likely N-dealkylation sites (N-methyl/N-ethyl adjacent to an activating group) is 1. The second-order valence-corrected chi connectivity index (χ2v) is 8.93. The number of urea groups is 1. The number of carbonyl (C=O) groups is 2. The molecule has 0 aliphatic carbocycles. The highest BCUT2D eigenvalue weighted by atomic mass is 19.4. The van der Waals surface area contributed by atoms with Gasteiger partial charge in [0.15, 0.2) is 0 Å². The number of hydrogen-bond acceptors (Lipinski definition) is 3. The standard InChI is InChI=1S/C21H35N3O.C2HF3O2/c1-4-5-6-7-8-9-10-18-11-13-19(14-12-18)22-21(25)23-20-15-16-24(2,3)17-20;3-2(4,5)1(6)7/h11-14,20H,4-10,15-17H2,1-3H3,(H-,22,23,25);(H,6,7). The van der Waals surface area contributed by atoms with Crippen LogP contribution in [0, 0.1) is 0 Å². The number of anilines is 1. The van der Waals surface area contributed by atoms with Gasteiger partial charge in [0.1, 0.15) is 5.97 Å². The van der Waals surface area contributed by atoms with Gasteiger partial charge in [0.05, 0.1) is 33.2 Å². The van der Waals surface area contributed by atoms with Crippen molar-refractivity contribution in [2.24, 2.45) is 0 Å². The number of amides is 2. The predicted octanol–water partition coefficient (Wildman–Crippen LogP) is 3.86. The third kappa shape index (κ3) is 11.9. The van der Waals surface area contributed by atoms with Crippen LogP contribution in [0.5, 0.6) is 0 Å². The van der Waals surface area contributed by atoms with Crippen molar-refractivity contribution in [3.8, 4) is 0 Å². The van der Waals surface area contributed by atoms with Crippen LogP contribution in [0.3, 0.4) is 0 Å². The third-order valence-electron chi connectivity index (χ3n) is 5.40. The predicted molar refractivity (Wildman–Crippen MR) is 117 cm³/mol. The lowest BCUT2D eigenvalue weighted by molar-refractivity contribution is -0.878. The van der Waals surface area contributed by atoms with Crippen LogP contribution in [0.15, 0.2) is 24.3 Å². The number of nitrogens with one attached hydrogen (secondary N) is 2. The Hall–Kier alpha value is -2.29. The van der Waals surface area contributed by atoms with Crippen molar-refractivity contribution >= 4 is 17.7 Å². The van der Waals surface area contributed by atoms with E-state index in [0.717, 1.165) is 36.1 Å². The molecule has 0 spiro atoms. The van der Waals surface area contributed by atoms with Crippen LogP contribution in [0.4, 0.5) is 23.7 Å². The molecule has 0 radical (unpaired) electrons. The lowest BCUT2D eigenvalue weighted by Crippen LogP contribution is -2.43. The molecule has 2 amide bonds. The molecule has 1 unspecified atom stereocenters. The molecule has 6 nitrogen and oxygen atoms in total.